The summed E-state index contributed by atoms with van der Waals surface area (Å²) in [6.07, 6.45) is 0. The molecule has 0 amide bonds. The molecular weight excluding hydrogens is 249 g/mol. The van der Waals surface area contributed by atoms with Crippen LogP contribution >= 0.6 is 0 Å². The van der Waals surface area contributed by atoms with Crippen LogP contribution in [-0.2, 0) is 6.54 Å². The fraction of sp³-hybridized carbons (Fsp3) is 0.538. The van der Waals surface area contributed by atoms with Gasteiger partial charge in [-0.2, -0.15) is 4.39 Å². The molecule has 1 N–H and O–H groups in total. The van der Waals surface area contributed by atoms with Gasteiger partial charge in [0, 0.05) is 43.3 Å². The van der Waals surface area contributed by atoms with Gasteiger partial charge in [-0.25, -0.2) is 0 Å². The van der Waals surface area contributed by atoms with Crippen molar-refractivity contribution < 1.29 is 9.31 Å². The van der Waals surface area contributed by atoms with Crippen LogP contribution in [0.3, 0.4) is 0 Å². The molecule has 0 aromatic heterocycles. The molecule has 1 saturated heterocycles. The van der Waals surface area contributed by atoms with Gasteiger partial charge in [0.2, 0.25) is 5.82 Å². The maximum Gasteiger partial charge on any atom is 0.305 e. The van der Waals surface area contributed by atoms with E-state index in [1.165, 1.54) is 12.1 Å². The first-order valence-corrected chi connectivity index (χ1v) is 6.39. The number of piperazine rings is 1. The summed E-state index contributed by atoms with van der Waals surface area (Å²) in [5.41, 5.74) is -0.0669. The number of hydrogen-bond acceptors (Lipinski definition) is 4. The van der Waals surface area contributed by atoms with E-state index in [2.05, 4.69) is 24.1 Å². The summed E-state index contributed by atoms with van der Waals surface area (Å²) in [7, 11) is 0. The molecule has 1 aromatic rings. The van der Waals surface area contributed by atoms with Crippen molar-refractivity contribution in [2.24, 2.45) is 0 Å². The smallest absolute Gasteiger partial charge is 0.305 e. The Balaban J connectivity index is 2.23. The lowest BCUT2D eigenvalue weighted by Gasteiger charge is -2.39. The lowest BCUT2D eigenvalue weighted by molar-refractivity contribution is -0.387. The molecule has 1 aromatic carbocycles. The molecular formula is C13H18FN3O2. The maximum atomic E-state index is 14.0. The Morgan fingerprint density at radius 2 is 2.05 bits per heavy atom. The minimum atomic E-state index is -0.717. The highest BCUT2D eigenvalue weighted by atomic mass is 19.1. The fourth-order valence-corrected chi connectivity index (χ4v) is 2.51. The number of rotatable bonds is 3. The summed E-state index contributed by atoms with van der Waals surface area (Å²) in [6.45, 7) is 6.23. The summed E-state index contributed by atoms with van der Waals surface area (Å²) in [5, 5.41) is 14.0. The Bertz CT molecular complexity index is 471. The largest absolute Gasteiger partial charge is 0.314 e. The zero-order valence-electron chi connectivity index (χ0n) is 11.1. The predicted octanol–water partition coefficient (Wildman–Crippen LogP) is 1.92. The maximum absolute atomic E-state index is 14.0. The van der Waals surface area contributed by atoms with Crippen molar-refractivity contribution in [2.75, 3.05) is 13.1 Å². The van der Waals surface area contributed by atoms with Gasteiger partial charge < -0.3 is 5.32 Å². The van der Waals surface area contributed by atoms with E-state index in [9.17, 15) is 14.5 Å². The third kappa shape index (κ3) is 2.90. The number of benzene rings is 1. The van der Waals surface area contributed by atoms with Crippen molar-refractivity contribution in [2.45, 2.75) is 32.5 Å². The van der Waals surface area contributed by atoms with Crippen LogP contribution < -0.4 is 5.32 Å². The van der Waals surface area contributed by atoms with Gasteiger partial charge in [0.05, 0.1) is 4.92 Å². The minimum Gasteiger partial charge on any atom is -0.314 e. The molecule has 2 atom stereocenters. The Hall–Kier alpha value is -1.53. The molecule has 6 heteroatoms. The number of hydrogen-bond donors (Lipinski definition) is 1. The molecule has 1 aliphatic heterocycles. The van der Waals surface area contributed by atoms with Crippen molar-refractivity contribution >= 4 is 5.69 Å². The summed E-state index contributed by atoms with van der Waals surface area (Å²) < 4.78 is 14.0. The van der Waals surface area contributed by atoms with Gasteiger partial charge >= 0.3 is 5.69 Å². The lowest BCUT2D eigenvalue weighted by Crippen LogP contribution is -2.54. The SMILES string of the molecule is CC1CNCC(C)N1Cc1cccc([N+](=O)[O-])c1F. The molecule has 19 heavy (non-hydrogen) atoms. The van der Waals surface area contributed by atoms with Gasteiger partial charge in [-0.1, -0.05) is 12.1 Å². The van der Waals surface area contributed by atoms with Crippen molar-refractivity contribution in [3.63, 3.8) is 0 Å². The molecule has 1 aliphatic rings. The molecule has 1 heterocycles. The Morgan fingerprint density at radius 3 is 2.63 bits per heavy atom. The summed E-state index contributed by atoms with van der Waals surface area (Å²) in [5.74, 6) is -0.717. The van der Waals surface area contributed by atoms with Crippen molar-refractivity contribution in [3.05, 3.63) is 39.7 Å². The van der Waals surface area contributed by atoms with Crippen LogP contribution in [0.1, 0.15) is 19.4 Å². The first-order valence-electron chi connectivity index (χ1n) is 6.39. The van der Waals surface area contributed by atoms with Crippen LogP contribution in [0.4, 0.5) is 10.1 Å². The van der Waals surface area contributed by atoms with E-state index < -0.39 is 16.4 Å². The van der Waals surface area contributed by atoms with Gasteiger partial charge in [0.1, 0.15) is 0 Å². The van der Waals surface area contributed by atoms with E-state index in [-0.39, 0.29) is 12.1 Å². The van der Waals surface area contributed by atoms with Crippen LogP contribution in [0, 0.1) is 15.9 Å². The van der Waals surface area contributed by atoms with Crippen LogP contribution in [0.25, 0.3) is 0 Å². The van der Waals surface area contributed by atoms with Gasteiger partial charge in [0.25, 0.3) is 0 Å². The Kier molecular flexibility index (Phi) is 4.11. The zero-order valence-corrected chi connectivity index (χ0v) is 11.1. The quantitative estimate of drug-likeness (QED) is 0.671. The van der Waals surface area contributed by atoms with Gasteiger partial charge in [-0.05, 0) is 13.8 Å². The number of nitrogens with one attached hydrogen (secondary N) is 1. The van der Waals surface area contributed by atoms with Gasteiger partial charge in [-0.3, -0.25) is 15.0 Å². The standard InChI is InChI=1S/C13H18FN3O2/c1-9-6-15-7-10(2)16(9)8-11-4-3-5-12(13(11)14)17(18)19/h3-5,9-10,15H,6-8H2,1-2H3. The third-order valence-corrected chi connectivity index (χ3v) is 3.62. The molecule has 2 unspecified atom stereocenters. The highest BCUT2D eigenvalue weighted by Crippen LogP contribution is 2.23. The topological polar surface area (TPSA) is 58.4 Å². The average molecular weight is 267 g/mol. The second-order valence-electron chi connectivity index (χ2n) is 5.04. The van der Waals surface area contributed by atoms with Crippen molar-refractivity contribution in [1.82, 2.24) is 10.2 Å². The number of nitro groups is 1. The van der Waals surface area contributed by atoms with E-state index in [1.54, 1.807) is 6.07 Å². The van der Waals surface area contributed by atoms with Crippen LogP contribution in [-0.4, -0.2) is 35.0 Å². The Labute approximate surface area is 111 Å². The van der Waals surface area contributed by atoms with Crippen LogP contribution in [0.15, 0.2) is 18.2 Å². The molecule has 0 aliphatic carbocycles. The van der Waals surface area contributed by atoms with Crippen molar-refractivity contribution in [3.8, 4) is 0 Å². The molecule has 0 bridgehead atoms. The molecule has 0 saturated carbocycles. The molecule has 1 fully saturated rings. The van der Waals surface area contributed by atoms with E-state index >= 15 is 0 Å². The van der Waals surface area contributed by atoms with Crippen LogP contribution in [0.5, 0.6) is 0 Å². The first-order chi connectivity index (χ1) is 9.00. The number of halogens is 1. The highest BCUT2D eigenvalue weighted by molar-refractivity contribution is 5.36. The molecule has 0 spiro atoms. The number of nitro benzene ring substituents is 1. The molecule has 5 nitrogen and oxygen atoms in total. The summed E-state index contributed by atoms with van der Waals surface area (Å²) in [4.78, 5) is 12.2. The second kappa shape index (κ2) is 5.63. The molecule has 104 valence electrons. The fourth-order valence-electron chi connectivity index (χ4n) is 2.51. The normalized spacial score (nSPS) is 24.4. The summed E-state index contributed by atoms with van der Waals surface area (Å²) in [6, 6.07) is 4.91. The monoisotopic (exact) mass is 267 g/mol. The van der Waals surface area contributed by atoms with Gasteiger partial charge in [-0.15, -0.1) is 0 Å². The van der Waals surface area contributed by atoms with E-state index in [1.807, 2.05) is 0 Å². The lowest BCUT2D eigenvalue weighted by atomic mass is 10.1. The first kappa shape index (κ1) is 13.9. The highest BCUT2D eigenvalue weighted by Gasteiger charge is 2.26. The zero-order chi connectivity index (χ0) is 14.0. The minimum absolute atomic E-state index is 0.280. The van der Waals surface area contributed by atoms with E-state index in [0.717, 1.165) is 13.1 Å². The average Bonchev–Trinajstić information content (AvgIpc) is 2.35. The molecule has 0 radical (unpaired) electrons. The van der Waals surface area contributed by atoms with Crippen molar-refractivity contribution in [1.29, 1.82) is 0 Å². The summed E-state index contributed by atoms with van der Waals surface area (Å²) >= 11 is 0. The second-order valence-corrected chi connectivity index (χ2v) is 5.04. The van der Waals surface area contributed by atoms with Crippen LogP contribution in [0.2, 0.25) is 0 Å². The molecule has 2 rings (SSSR count). The van der Waals surface area contributed by atoms with E-state index in [4.69, 9.17) is 0 Å². The number of nitrogens with zero attached hydrogens (tertiary/aromatic N) is 2. The van der Waals surface area contributed by atoms with E-state index in [0.29, 0.717) is 12.1 Å². The Morgan fingerprint density at radius 1 is 1.42 bits per heavy atom. The predicted molar refractivity (Wildman–Crippen MR) is 70.4 cm³/mol. The third-order valence-electron chi connectivity index (χ3n) is 3.62. The van der Waals surface area contributed by atoms with Gasteiger partial charge in [0.15, 0.2) is 0 Å².